The highest BCUT2D eigenvalue weighted by Crippen LogP contribution is 2.52. The zero-order valence-corrected chi connectivity index (χ0v) is 25.3. The SMILES string of the molecule is COc1ccc2c(c1)C(F)(F)c1ccc(C(=O)NCC(=O)N3CC4(CC3C(=O)N[C@H](C)c3cc(C(=N)N)cs3)OCCO4)cc1-2. The van der Waals surface area contributed by atoms with Crippen molar-refractivity contribution in [2.45, 2.75) is 37.1 Å². The van der Waals surface area contributed by atoms with Crippen molar-refractivity contribution in [1.29, 1.82) is 5.41 Å². The molecule has 1 aliphatic carbocycles. The molecule has 3 aromatic rings. The minimum absolute atomic E-state index is 0.00413. The number of hydrogen-bond acceptors (Lipinski definition) is 8. The summed E-state index contributed by atoms with van der Waals surface area (Å²) in [4.78, 5) is 42.1. The van der Waals surface area contributed by atoms with E-state index in [9.17, 15) is 14.4 Å². The van der Waals surface area contributed by atoms with E-state index < -0.39 is 48.1 Å². The van der Waals surface area contributed by atoms with Crippen LogP contribution in [0.2, 0.25) is 0 Å². The van der Waals surface area contributed by atoms with Gasteiger partial charge < -0.3 is 35.5 Å². The second kappa shape index (κ2) is 11.5. The molecule has 2 fully saturated rings. The number of halogens is 2. The Kier molecular flexibility index (Phi) is 7.83. The number of likely N-dealkylation sites (tertiary alicyclic amines) is 1. The molecule has 0 saturated carbocycles. The van der Waals surface area contributed by atoms with Gasteiger partial charge in [0.05, 0.1) is 39.5 Å². The maximum absolute atomic E-state index is 15.2. The molecule has 0 radical (unpaired) electrons. The lowest BCUT2D eigenvalue weighted by Crippen LogP contribution is -2.49. The Labute approximate surface area is 261 Å². The standard InChI is InChI=1S/C31H31F2N5O6S/c1-16(25-10-18(14-45-25)27(34)35)37-29(41)24-12-30(43-7-8-44-30)15-38(24)26(39)13-36-28(40)17-3-6-22-21(9-17)20-5-4-19(42-2)11-23(20)31(22,32)33/h3-6,9-11,14,16,24H,7-8,12-13,15H2,1-2H3,(H3,34,35)(H,36,40)(H,37,41)/t16-,24?/m1/s1. The number of nitrogens with two attached hydrogens (primary N) is 1. The van der Waals surface area contributed by atoms with E-state index in [2.05, 4.69) is 10.6 Å². The Bertz CT molecular complexity index is 1710. The van der Waals surface area contributed by atoms with Gasteiger partial charge in [0.25, 0.3) is 11.8 Å². The van der Waals surface area contributed by atoms with Gasteiger partial charge >= 0.3 is 0 Å². The topological polar surface area (TPSA) is 156 Å². The summed E-state index contributed by atoms with van der Waals surface area (Å²) >= 11 is 1.35. The average Bonchev–Trinajstić information content (AvgIpc) is 3.82. The first-order chi connectivity index (χ1) is 21.4. The summed E-state index contributed by atoms with van der Waals surface area (Å²) < 4.78 is 47.0. The number of hydrogen-bond donors (Lipinski definition) is 4. The van der Waals surface area contributed by atoms with Gasteiger partial charge in [-0.05, 0) is 48.4 Å². The number of nitrogen functional groups attached to an aromatic ring is 1. The van der Waals surface area contributed by atoms with Crippen molar-refractivity contribution >= 4 is 34.9 Å². The highest BCUT2D eigenvalue weighted by molar-refractivity contribution is 7.10. The number of methoxy groups -OCH3 is 1. The lowest BCUT2D eigenvalue weighted by molar-refractivity contribution is -0.152. The number of amides is 3. The molecule has 1 aromatic heterocycles. The molecule has 2 aliphatic heterocycles. The van der Waals surface area contributed by atoms with Gasteiger partial charge in [0.2, 0.25) is 11.8 Å². The number of carbonyl (C=O) groups is 3. The van der Waals surface area contributed by atoms with Gasteiger partial charge in [-0.25, -0.2) is 0 Å². The molecule has 236 valence electrons. The average molecular weight is 640 g/mol. The Balaban J connectivity index is 1.15. The van der Waals surface area contributed by atoms with Gasteiger partial charge in [-0.2, -0.15) is 8.78 Å². The summed E-state index contributed by atoms with van der Waals surface area (Å²) in [6.07, 6.45) is 0.109. The summed E-state index contributed by atoms with van der Waals surface area (Å²) in [5, 5.41) is 14.8. The molecule has 5 N–H and O–H groups in total. The normalized spacial score (nSPS) is 19.6. The molecular formula is C31H31F2N5O6S. The third kappa shape index (κ3) is 5.53. The maximum Gasteiger partial charge on any atom is 0.299 e. The van der Waals surface area contributed by atoms with Crippen LogP contribution >= 0.6 is 11.3 Å². The van der Waals surface area contributed by atoms with Crippen LogP contribution in [0.15, 0.2) is 47.8 Å². The lowest BCUT2D eigenvalue weighted by Gasteiger charge is -2.25. The first-order valence-corrected chi connectivity index (χ1v) is 15.1. The summed E-state index contributed by atoms with van der Waals surface area (Å²) in [5.41, 5.74) is 6.31. The quantitative estimate of drug-likeness (QED) is 0.218. The van der Waals surface area contributed by atoms with E-state index in [4.69, 9.17) is 25.4 Å². The number of carbonyl (C=O) groups excluding carboxylic acids is 3. The van der Waals surface area contributed by atoms with Gasteiger partial charge in [0, 0.05) is 38.9 Å². The number of amidine groups is 1. The van der Waals surface area contributed by atoms with Crippen LogP contribution < -0.4 is 21.1 Å². The smallest absolute Gasteiger partial charge is 0.299 e. The molecule has 2 atom stereocenters. The Morgan fingerprint density at radius 3 is 2.56 bits per heavy atom. The number of nitrogens with zero attached hydrogens (tertiary/aromatic N) is 1. The number of nitrogens with one attached hydrogen (secondary N) is 3. The van der Waals surface area contributed by atoms with Crippen molar-refractivity contribution in [2.75, 3.05) is 33.4 Å². The fourth-order valence-corrected chi connectivity index (χ4v) is 6.89. The van der Waals surface area contributed by atoms with Gasteiger partial charge in [-0.3, -0.25) is 19.8 Å². The molecule has 45 heavy (non-hydrogen) atoms. The lowest BCUT2D eigenvalue weighted by atomic mass is 10.0. The summed E-state index contributed by atoms with van der Waals surface area (Å²) in [6.45, 7) is 1.98. The van der Waals surface area contributed by atoms with Crippen molar-refractivity contribution in [1.82, 2.24) is 15.5 Å². The van der Waals surface area contributed by atoms with Crippen LogP contribution in [0.25, 0.3) is 11.1 Å². The van der Waals surface area contributed by atoms with E-state index in [0.717, 1.165) is 4.88 Å². The van der Waals surface area contributed by atoms with Crippen LogP contribution in [-0.2, 0) is 25.0 Å². The Hall–Kier alpha value is -4.40. The van der Waals surface area contributed by atoms with Crippen molar-refractivity contribution in [2.24, 2.45) is 5.73 Å². The van der Waals surface area contributed by atoms with Gasteiger partial charge in [0.15, 0.2) is 5.79 Å². The molecule has 0 bridgehead atoms. The molecule has 3 amide bonds. The highest BCUT2D eigenvalue weighted by atomic mass is 32.1. The van der Waals surface area contributed by atoms with Gasteiger partial charge in [0.1, 0.15) is 17.6 Å². The largest absolute Gasteiger partial charge is 0.497 e. The van der Waals surface area contributed by atoms with Gasteiger partial charge in [-0.15, -0.1) is 11.3 Å². The van der Waals surface area contributed by atoms with Crippen LogP contribution in [0.1, 0.15) is 51.3 Å². The minimum atomic E-state index is -3.26. The fraction of sp³-hybridized carbons (Fsp3) is 0.355. The summed E-state index contributed by atoms with van der Waals surface area (Å²) in [6, 6.07) is 8.65. The molecule has 11 nitrogen and oxygen atoms in total. The van der Waals surface area contributed by atoms with Crippen LogP contribution in [0, 0.1) is 5.41 Å². The molecule has 1 unspecified atom stereocenters. The number of ether oxygens (including phenoxy) is 3. The Morgan fingerprint density at radius 1 is 1.11 bits per heavy atom. The Morgan fingerprint density at radius 2 is 1.87 bits per heavy atom. The molecule has 3 aliphatic rings. The van der Waals surface area contributed by atoms with E-state index in [0.29, 0.717) is 30.1 Å². The van der Waals surface area contributed by atoms with E-state index in [1.165, 1.54) is 53.7 Å². The number of fused-ring (bicyclic) bond motifs is 3. The maximum atomic E-state index is 15.2. The predicted molar refractivity (Wildman–Crippen MR) is 160 cm³/mol. The third-order valence-corrected chi connectivity index (χ3v) is 9.44. The van der Waals surface area contributed by atoms with Crippen LogP contribution in [0.4, 0.5) is 8.78 Å². The zero-order chi connectivity index (χ0) is 32.1. The van der Waals surface area contributed by atoms with Crippen molar-refractivity contribution < 1.29 is 37.4 Å². The van der Waals surface area contributed by atoms with E-state index in [1.54, 1.807) is 24.4 Å². The van der Waals surface area contributed by atoms with E-state index in [1.807, 2.05) is 0 Å². The predicted octanol–water partition coefficient (Wildman–Crippen LogP) is 3.11. The number of thiophene rings is 1. The number of alkyl halides is 2. The van der Waals surface area contributed by atoms with Gasteiger partial charge in [-0.1, -0.05) is 12.1 Å². The van der Waals surface area contributed by atoms with Crippen LogP contribution in [0.5, 0.6) is 5.75 Å². The second-order valence-corrected chi connectivity index (χ2v) is 12.1. The summed E-state index contributed by atoms with van der Waals surface area (Å²) in [5.74, 6) is -5.76. The van der Waals surface area contributed by atoms with Crippen molar-refractivity contribution in [3.05, 3.63) is 75.0 Å². The monoisotopic (exact) mass is 639 g/mol. The zero-order valence-electron chi connectivity index (χ0n) is 24.4. The van der Waals surface area contributed by atoms with E-state index >= 15 is 8.78 Å². The van der Waals surface area contributed by atoms with Crippen LogP contribution in [-0.4, -0.2) is 73.7 Å². The highest BCUT2D eigenvalue weighted by Gasteiger charge is 2.52. The second-order valence-electron chi connectivity index (χ2n) is 11.2. The molecule has 14 heteroatoms. The number of benzene rings is 2. The molecule has 2 aromatic carbocycles. The molecular weight excluding hydrogens is 608 g/mol. The van der Waals surface area contributed by atoms with Crippen LogP contribution in [0.3, 0.4) is 0 Å². The first-order valence-electron chi connectivity index (χ1n) is 14.2. The first kappa shape index (κ1) is 30.6. The van der Waals surface area contributed by atoms with Crippen molar-refractivity contribution in [3.8, 4) is 16.9 Å². The summed E-state index contributed by atoms with van der Waals surface area (Å²) in [7, 11) is 1.40. The molecule has 6 rings (SSSR count). The minimum Gasteiger partial charge on any atom is -0.497 e. The number of rotatable bonds is 8. The van der Waals surface area contributed by atoms with Crippen molar-refractivity contribution in [3.63, 3.8) is 0 Å². The fourth-order valence-electron chi connectivity index (χ4n) is 5.97. The third-order valence-electron chi connectivity index (χ3n) is 8.32. The molecule has 2 saturated heterocycles. The molecule has 1 spiro atoms. The molecule has 3 heterocycles. The van der Waals surface area contributed by atoms with E-state index in [-0.39, 0.29) is 41.1 Å².